The van der Waals surface area contributed by atoms with Gasteiger partial charge in [0.2, 0.25) is 5.91 Å². The van der Waals surface area contributed by atoms with Gasteiger partial charge in [0.05, 0.1) is 7.11 Å². The second-order valence-electron chi connectivity index (χ2n) is 4.08. The lowest BCUT2D eigenvalue weighted by atomic mass is 10.2. The van der Waals surface area contributed by atoms with Crippen LogP contribution in [0.25, 0.3) is 0 Å². The summed E-state index contributed by atoms with van der Waals surface area (Å²) in [6.45, 7) is 0. The van der Waals surface area contributed by atoms with Gasteiger partial charge < -0.3 is 20.9 Å². The van der Waals surface area contributed by atoms with E-state index in [-0.39, 0.29) is 17.0 Å². The molecule has 5 nitrogen and oxygen atoms in total. The Labute approximate surface area is 114 Å². The summed E-state index contributed by atoms with van der Waals surface area (Å²) in [4.78, 5) is 11.2. The number of nitrogens with two attached hydrogens (primary N) is 2. The van der Waals surface area contributed by atoms with E-state index in [0.717, 1.165) is 0 Å². The molecule has 20 heavy (non-hydrogen) atoms. The van der Waals surface area contributed by atoms with E-state index in [1.807, 2.05) is 0 Å². The van der Waals surface area contributed by atoms with E-state index in [4.69, 9.17) is 20.9 Å². The highest BCUT2D eigenvalue weighted by atomic mass is 19.1. The van der Waals surface area contributed by atoms with E-state index in [0.29, 0.717) is 11.5 Å². The summed E-state index contributed by atoms with van der Waals surface area (Å²) >= 11 is 0. The first-order valence-electron chi connectivity index (χ1n) is 5.71. The Morgan fingerprint density at radius 2 is 1.70 bits per heavy atom. The fraction of sp³-hybridized carbons (Fsp3) is 0.0714. The minimum absolute atomic E-state index is 0.214. The highest BCUT2D eigenvalue weighted by Gasteiger charge is 2.08. The number of nitrogen functional groups attached to an aromatic ring is 1. The van der Waals surface area contributed by atoms with E-state index in [9.17, 15) is 9.18 Å². The molecule has 0 saturated carbocycles. The summed E-state index contributed by atoms with van der Waals surface area (Å²) in [6.07, 6.45) is 0. The van der Waals surface area contributed by atoms with Gasteiger partial charge in [-0.2, -0.15) is 0 Å². The lowest BCUT2D eigenvalue weighted by Crippen LogP contribution is -2.11. The van der Waals surface area contributed by atoms with Crippen LogP contribution in [-0.4, -0.2) is 13.0 Å². The molecule has 0 radical (unpaired) electrons. The maximum atomic E-state index is 13.2. The third-order valence-electron chi connectivity index (χ3n) is 2.53. The van der Waals surface area contributed by atoms with Crippen LogP contribution in [0.5, 0.6) is 17.2 Å². The Balaban J connectivity index is 2.37. The van der Waals surface area contributed by atoms with Crippen LogP contribution in [0.3, 0.4) is 0 Å². The van der Waals surface area contributed by atoms with E-state index < -0.39 is 11.7 Å². The number of benzene rings is 2. The van der Waals surface area contributed by atoms with Gasteiger partial charge in [-0.05, 0) is 18.2 Å². The molecule has 0 bridgehead atoms. The minimum Gasteiger partial charge on any atom is -0.497 e. The van der Waals surface area contributed by atoms with Crippen molar-refractivity contribution in [2.45, 2.75) is 0 Å². The fourth-order valence-corrected chi connectivity index (χ4v) is 1.67. The third-order valence-corrected chi connectivity index (χ3v) is 2.53. The topological polar surface area (TPSA) is 87.6 Å². The molecule has 0 aliphatic rings. The molecule has 0 spiro atoms. The molecular weight excluding hydrogens is 263 g/mol. The lowest BCUT2D eigenvalue weighted by Gasteiger charge is -2.10. The Bertz CT molecular complexity index is 639. The maximum absolute atomic E-state index is 13.2. The maximum Gasteiger partial charge on any atom is 0.248 e. The summed E-state index contributed by atoms with van der Waals surface area (Å²) in [6, 6.07) is 8.29. The number of methoxy groups -OCH3 is 1. The van der Waals surface area contributed by atoms with Crippen LogP contribution in [0, 0.1) is 5.82 Å². The summed E-state index contributed by atoms with van der Waals surface area (Å²) < 4.78 is 23.7. The summed E-state index contributed by atoms with van der Waals surface area (Å²) in [5.74, 6) is -0.222. The molecule has 0 aromatic heterocycles. The Kier molecular flexibility index (Phi) is 3.74. The van der Waals surface area contributed by atoms with E-state index in [2.05, 4.69) is 0 Å². The van der Waals surface area contributed by atoms with Crippen molar-refractivity contribution in [1.82, 2.24) is 0 Å². The van der Waals surface area contributed by atoms with Gasteiger partial charge in [0.1, 0.15) is 23.1 Å². The SMILES string of the molecule is COc1cc(Oc2cc(N)cc(F)c2)cc(C(N)=O)c1. The molecule has 6 heteroatoms. The predicted octanol–water partition coefficient (Wildman–Crippen LogP) is 2.31. The second-order valence-corrected chi connectivity index (χ2v) is 4.08. The molecule has 0 atom stereocenters. The van der Waals surface area contributed by atoms with Gasteiger partial charge in [-0.3, -0.25) is 4.79 Å². The summed E-state index contributed by atoms with van der Waals surface area (Å²) in [5, 5.41) is 0. The van der Waals surface area contributed by atoms with Gasteiger partial charge in [0, 0.05) is 29.4 Å². The first kappa shape index (κ1) is 13.7. The Morgan fingerprint density at radius 1 is 1.05 bits per heavy atom. The first-order chi connectivity index (χ1) is 9.47. The largest absolute Gasteiger partial charge is 0.497 e. The number of ether oxygens (including phenoxy) is 2. The number of halogens is 1. The highest BCUT2D eigenvalue weighted by molar-refractivity contribution is 5.93. The molecule has 104 valence electrons. The van der Waals surface area contributed by atoms with Crippen LogP contribution in [-0.2, 0) is 0 Å². The van der Waals surface area contributed by atoms with Crippen molar-refractivity contribution in [2.75, 3.05) is 12.8 Å². The van der Waals surface area contributed by atoms with Gasteiger partial charge in [0.15, 0.2) is 0 Å². The average Bonchev–Trinajstić information content (AvgIpc) is 2.36. The minimum atomic E-state index is -0.618. The number of anilines is 1. The van der Waals surface area contributed by atoms with Crippen LogP contribution in [0.15, 0.2) is 36.4 Å². The Hall–Kier alpha value is -2.76. The smallest absolute Gasteiger partial charge is 0.248 e. The molecule has 2 rings (SSSR count). The molecule has 0 aliphatic heterocycles. The summed E-state index contributed by atoms with van der Waals surface area (Å²) in [7, 11) is 1.45. The summed E-state index contributed by atoms with van der Waals surface area (Å²) in [5.41, 5.74) is 11.2. The van der Waals surface area contributed by atoms with Crippen molar-refractivity contribution in [1.29, 1.82) is 0 Å². The third kappa shape index (κ3) is 3.17. The highest BCUT2D eigenvalue weighted by Crippen LogP contribution is 2.28. The average molecular weight is 276 g/mol. The molecule has 0 fully saturated rings. The van der Waals surface area contributed by atoms with E-state index in [1.165, 1.54) is 37.4 Å². The standard InChI is InChI=1S/C14H13FN2O3/c1-19-11-2-8(14(17)18)3-12(7-11)20-13-5-9(15)4-10(16)6-13/h2-7H,16H2,1H3,(H2,17,18). The van der Waals surface area contributed by atoms with E-state index in [1.54, 1.807) is 6.07 Å². The van der Waals surface area contributed by atoms with Gasteiger partial charge in [-0.1, -0.05) is 0 Å². The van der Waals surface area contributed by atoms with Crippen LogP contribution >= 0.6 is 0 Å². The van der Waals surface area contributed by atoms with Gasteiger partial charge in [-0.25, -0.2) is 4.39 Å². The zero-order valence-electron chi connectivity index (χ0n) is 10.7. The molecule has 2 aromatic carbocycles. The number of hydrogen-bond donors (Lipinski definition) is 2. The Morgan fingerprint density at radius 3 is 2.30 bits per heavy atom. The van der Waals surface area contributed by atoms with E-state index >= 15 is 0 Å². The van der Waals surface area contributed by atoms with Crippen molar-refractivity contribution in [3.05, 3.63) is 47.8 Å². The molecule has 0 aliphatic carbocycles. The van der Waals surface area contributed by atoms with Gasteiger partial charge >= 0.3 is 0 Å². The molecule has 4 N–H and O–H groups in total. The number of primary amides is 1. The van der Waals surface area contributed by atoms with Crippen molar-refractivity contribution in [3.63, 3.8) is 0 Å². The number of carbonyl (C=O) groups is 1. The zero-order chi connectivity index (χ0) is 14.7. The molecule has 0 saturated heterocycles. The zero-order valence-corrected chi connectivity index (χ0v) is 10.7. The number of hydrogen-bond acceptors (Lipinski definition) is 4. The first-order valence-corrected chi connectivity index (χ1v) is 5.71. The van der Waals surface area contributed by atoms with Crippen molar-refractivity contribution >= 4 is 11.6 Å². The van der Waals surface area contributed by atoms with Crippen molar-refractivity contribution < 1.29 is 18.7 Å². The van der Waals surface area contributed by atoms with Crippen molar-refractivity contribution in [3.8, 4) is 17.2 Å². The monoisotopic (exact) mass is 276 g/mol. The molecule has 0 heterocycles. The quantitative estimate of drug-likeness (QED) is 0.839. The molecule has 2 aromatic rings. The van der Waals surface area contributed by atoms with Crippen LogP contribution in [0.4, 0.5) is 10.1 Å². The second kappa shape index (κ2) is 5.48. The van der Waals surface area contributed by atoms with Crippen LogP contribution in [0.2, 0.25) is 0 Å². The lowest BCUT2D eigenvalue weighted by molar-refractivity contribution is 0.0999. The predicted molar refractivity (Wildman–Crippen MR) is 72.4 cm³/mol. The normalized spacial score (nSPS) is 10.1. The molecule has 1 amide bonds. The number of carbonyl (C=O) groups excluding carboxylic acids is 1. The fourth-order valence-electron chi connectivity index (χ4n) is 1.67. The van der Waals surface area contributed by atoms with Gasteiger partial charge in [0.25, 0.3) is 0 Å². The van der Waals surface area contributed by atoms with Gasteiger partial charge in [-0.15, -0.1) is 0 Å². The number of rotatable bonds is 4. The number of amides is 1. The molecule has 0 unspecified atom stereocenters. The molecular formula is C14H13FN2O3. The van der Waals surface area contributed by atoms with Crippen LogP contribution in [0.1, 0.15) is 10.4 Å². The van der Waals surface area contributed by atoms with Crippen molar-refractivity contribution in [2.24, 2.45) is 5.73 Å². The van der Waals surface area contributed by atoms with Crippen LogP contribution < -0.4 is 20.9 Å².